The molecule has 0 radical (unpaired) electrons. The van der Waals surface area contributed by atoms with Crippen molar-refractivity contribution in [1.82, 2.24) is 0 Å². The van der Waals surface area contributed by atoms with Gasteiger partial charge >= 0.3 is 0 Å². The molecule has 0 saturated carbocycles. The summed E-state index contributed by atoms with van der Waals surface area (Å²) in [4.78, 5) is 0. The van der Waals surface area contributed by atoms with Gasteiger partial charge in [0.05, 0.1) is 12.2 Å². The molecule has 0 N–H and O–H groups in total. The maximum absolute atomic E-state index is 13.2. The summed E-state index contributed by atoms with van der Waals surface area (Å²) in [7, 11) is 0. The van der Waals surface area contributed by atoms with Crippen LogP contribution in [0.5, 0.6) is 5.75 Å². The number of benzene rings is 1. The molecule has 0 spiro atoms. The lowest BCUT2D eigenvalue weighted by molar-refractivity contribution is 0.255. The van der Waals surface area contributed by atoms with Gasteiger partial charge in [0.15, 0.2) is 0 Å². The first-order valence-electron chi connectivity index (χ1n) is 6.14. The summed E-state index contributed by atoms with van der Waals surface area (Å²) in [5.41, 5.74) is 0.586. The first-order chi connectivity index (χ1) is 8.67. The summed E-state index contributed by atoms with van der Waals surface area (Å²) in [5, 5.41) is 0. The van der Waals surface area contributed by atoms with E-state index in [4.69, 9.17) is 16.3 Å². The third kappa shape index (κ3) is 4.98. The van der Waals surface area contributed by atoms with E-state index >= 15 is 0 Å². The standard InChI is InChI=1S/C15H18ClFO/c1-3-12(2)11-18-15-8-7-14(17)10-13(15)6-4-5-9-16/h7-8,10,12H,3,5,9,11H2,1-2H3. The van der Waals surface area contributed by atoms with Crippen molar-refractivity contribution in [2.24, 2.45) is 5.92 Å². The van der Waals surface area contributed by atoms with Crippen molar-refractivity contribution in [3.8, 4) is 17.6 Å². The van der Waals surface area contributed by atoms with Crippen LogP contribution in [0.2, 0.25) is 0 Å². The van der Waals surface area contributed by atoms with E-state index in [0.717, 1.165) is 6.42 Å². The third-order valence-corrected chi connectivity index (χ3v) is 2.79. The molecular weight excluding hydrogens is 251 g/mol. The van der Waals surface area contributed by atoms with Gasteiger partial charge in [-0.15, -0.1) is 11.6 Å². The van der Waals surface area contributed by atoms with Gasteiger partial charge in [0.25, 0.3) is 0 Å². The highest BCUT2D eigenvalue weighted by molar-refractivity contribution is 6.18. The SMILES string of the molecule is CCC(C)COc1ccc(F)cc1C#CCCCl. The van der Waals surface area contributed by atoms with Crippen LogP contribution in [0.25, 0.3) is 0 Å². The quantitative estimate of drug-likeness (QED) is 0.574. The van der Waals surface area contributed by atoms with Gasteiger partial charge in [-0.25, -0.2) is 4.39 Å². The van der Waals surface area contributed by atoms with Gasteiger partial charge in [-0.05, 0) is 24.1 Å². The molecule has 0 bridgehead atoms. The second-order valence-electron chi connectivity index (χ2n) is 4.21. The predicted molar refractivity (Wildman–Crippen MR) is 73.6 cm³/mol. The van der Waals surface area contributed by atoms with E-state index in [-0.39, 0.29) is 5.82 Å². The lowest BCUT2D eigenvalue weighted by atomic mass is 10.1. The molecule has 1 aromatic rings. The Balaban J connectivity index is 2.80. The molecule has 1 atom stereocenters. The topological polar surface area (TPSA) is 9.23 Å². The fourth-order valence-corrected chi connectivity index (χ4v) is 1.38. The Hall–Kier alpha value is -1.20. The number of ether oxygens (including phenoxy) is 1. The third-order valence-electron chi connectivity index (χ3n) is 2.60. The number of halogens is 2. The van der Waals surface area contributed by atoms with Gasteiger partial charge in [0, 0.05) is 12.3 Å². The molecule has 0 aromatic heterocycles. The Labute approximate surface area is 113 Å². The largest absolute Gasteiger partial charge is 0.492 e. The van der Waals surface area contributed by atoms with E-state index in [1.807, 2.05) is 0 Å². The van der Waals surface area contributed by atoms with E-state index in [1.54, 1.807) is 6.07 Å². The number of hydrogen-bond acceptors (Lipinski definition) is 1. The lowest BCUT2D eigenvalue weighted by Gasteiger charge is -2.12. The molecule has 98 valence electrons. The molecule has 1 unspecified atom stereocenters. The molecule has 18 heavy (non-hydrogen) atoms. The zero-order chi connectivity index (χ0) is 13.4. The fraction of sp³-hybridized carbons (Fsp3) is 0.467. The summed E-state index contributed by atoms with van der Waals surface area (Å²) in [5.74, 6) is 7.07. The van der Waals surface area contributed by atoms with Crippen molar-refractivity contribution in [2.45, 2.75) is 26.7 Å². The average molecular weight is 269 g/mol. The fourth-order valence-electron chi connectivity index (χ4n) is 1.28. The van der Waals surface area contributed by atoms with Crippen LogP contribution in [-0.2, 0) is 0 Å². The van der Waals surface area contributed by atoms with Gasteiger partial charge < -0.3 is 4.74 Å². The highest BCUT2D eigenvalue weighted by Gasteiger charge is 2.05. The molecule has 3 heteroatoms. The number of alkyl halides is 1. The van der Waals surface area contributed by atoms with E-state index in [9.17, 15) is 4.39 Å². The molecule has 1 rings (SSSR count). The van der Waals surface area contributed by atoms with Crippen LogP contribution in [0.3, 0.4) is 0 Å². The molecule has 1 nitrogen and oxygen atoms in total. The number of hydrogen-bond donors (Lipinski definition) is 0. The van der Waals surface area contributed by atoms with Crippen LogP contribution in [0, 0.1) is 23.6 Å². The minimum atomic E-state index is -0.305. The summed E-state index contributed by atoms with van der Waals surface area (Å²) in [6, 6.07) is 4.41. The first-order valence-corrected chi connectivity index (χ1v) is 6.68. The highest BCUT2D eigenvalue weighted by Crippen LogP contribution is 2.20. The molecule has 0 amide bonds. The Morgan fingerprint density at radius 2 is 2.22 bits per heavy atom. The van der Waals surface area contributed by atoms with Crippen LogP contribution in [0.15, 0.2) is 18.2 Å². The van der Waals surface area contributed by atoms with Crippen molar-refractivity contribution < 1.29 is 9.13 Å². The Kier molecular flexibility index (Phi) is 6.60. The molecule has 0 saturated heterocycles. The van der Waals surface area contributed by atoms with Gasteiger partial charge in [0.2, 0.25) is 0 Å². The number of rotatable bonds is 5. The highest BCUT2D eigenvalue weighted by atomic mass is 35.5. The molecule has 0 aliphatic heterocycles. The smallest absolute Gasteiger partial charge is 0.135 e. The molecule has 0 fully saturated rings. The van der Waals surface area contributed by atoms with Crippen LogP contribution >= 0.6 is 11.6 Å². The second-order valence-corrected chi connectivity index (χ2v) is 4.58. The van der Waals surface area contributed by atoms with Crippen LogP contribution in [0.1, 0.15) is 32.3 Å². The maximum atomic E-state index is 13.2. The van der Waals surface area contributed by atoms with Crippen LogP contribution < -0.4 is 4.74 Å². The lowest BCUT2D eigenvalue weighted by Crippen LogP contribution is -2.08. The van der Waals surface area contributed by atoms with Gasteiger partial charge in [-0.1, -0.05) is 32.1 Å². The minimum absolute atomic E-state index is 0.305. The molecule has 0 aliphatic rings. The van der Waals surface area contributed by atoms with Crippen LogP contribution in [-0.4, -0.2) is 12.5 Å². The monoisotopic (exact) mass is 268 g/mol. The molecule has 0 heterocycles. The van der Waals surface area contributed by atoms with Crippen molar-refractivity contribution in [2.75, 3.05) is 12.5 Å². The van der Waals surface area contributed by atoms with Gasteiger partial charge in [-0.2, -0.15) is 0 Å². The zero-order valence-corrected chi connectivity index (χ0v) is 11.6. The van der Waals surface area contributed by atoms with Crippen molar-refractivity contribution in [3.63, 3.8) is 0 Å². The summed E-state index contributed by atoms with van der Waals surface area (Å²) >= 11 is 5.55. The summed E-state index contributed by atoms with van der Waals surface area (Å²) < 4.78 is 18.8. The van der Waals surface area contributed by atoms with Crippen molar-refractivity contribution in [3.05, 3.63) is 29.6 Å². The normalized spacial score (nSPS) is 11.6. The Bertz CT molecular complexity index is 434. The molecular formula is C15H18ClFO. The van der Waals surface area contributed by atoms with E-state index in [1.165, 1.54) is 12.1 Å². The van der Waals surface area contributed by atoms with Gasteiger partial charge in [0.1, 0.15) is 11.6 Å². The predicted octanol–water partition coefficient (Wildman–Crippen LogP) is 4.23. The minimum Gasteiger partial charge on any atom is -0.492 e. The van der Waals surface area contributed by atoms with Gasteiger partial charge in [-0.3, -0.25) is 0 Å². The first kappa shape index (κ1) is 14.9. The second kappa shape index (κ2) is 8.00. The molecule has 0 aliphatic carbocycles. The van der Waals surface area contributed by atoms with Crippen molar-refractivity contribution in [1.29, 1.82) is 0 Å². The zero-order valence-electron chi connectivity index (χ0n) is 10.8. The van der Waals surface area contributed by atoms with E-state index in [0.29, 0.717) is 36.1 Å². The Morgan fingerprint density at radius 3 is 2.89 bits per heavy atom. The molecule has 1 aromatic carbocycles. The maximum Gasteiger partial charge on any atom is 0.135 e. The van der Waals surface area contributed by atoms with Crippen LogP contribution in [0.4, 0.5) is 4.39 Å². The van der Waals surface area contributed by atoms with Crippen molar-refractivity contribution >= 4 is 11.6 Å². The summed E-state index contributed by atoms with van der Waals surface area (Å²) in [6.45, 7) is 4.84. The van der Waals surface area contributed by atoms with E-state index in [2.05, 4.69) is 25.7 Å². The summed E-state index contributed by atoms with van der Waals surface area (Å²) in [6.07, 6.45) is 1.64. The Morgan fingerprint density at radius 1 is 1.44 bits per heavy atom. The average Bonchev–Trinajstić information content (AvgIpc) is 2.37. The van der Waals surface area contributed by atoms with E-state index < -0.39 is 0 Å².